The summed E-state index contributed by atoms with van der Waals surface area (Å²) in [5, 5.41) is 0. The Hall–Kier alpha value is 1.01. The van der Waals surface area contributed by atoms with E-state index in [9.17, 15) is 0 Å². The Morgan fingerprint density at radius 3 is 1.90 bits per heavy atom. The highest BCUT2D eigenvalue weighted by Crippen LogP contribution is 2.51. The normalized spacial score (nSPS) is 11.5. The van der Waals surface area contributed by atoms with Crippen molar-refractivity contribution in [2.24, 2.45) is 0 Å². The Labute approximate surface area is 75.8 Å². The molecular weight excluding hydrogens is 207 g/mol. The summed E-state index contributed by atoms with van der Waals surface area (Å²) in [5.41, 5.74) is 0. The largest absolute Gasteiger partial charge is 0.328 e. The van der Waals surface area contributed by atoms with Crippen LogP contribution in [-0.4, -0.2) is 24.4 Å². The lowest BCUT2D eigenvalue weighted by Gasteiger charge is -2.16. The fourth-order valence-corrected chi connectivity index (χ4v) is 3.24. The summed E-state index contributed by atoms with van der Waals surface area (Å²) in [4.78, 5) is 0. The van der Waals surface area contributed by atoms with Crippen LogP contribution in [0.3, 0.4) is 0 Å². The number of rotatable bonds is 3. The third-order valence-electron chi connectivity index (χ3n) is 0.879. The molecule has 0 atom stereocenters. The van der Waals surface area contributed by atoms with Crippen molar-refractivity contribution in [2.45, 2.75) is 0 Å². The Balaban J connectivity index is 4.34. The Bertz CT molecular complexity index is 162. The van der Waals surface area contributed by atoms with Gasteiger partial charge in [-0.25, -0.2) is 0 Å². The van der Waals surface area contributed by atoms with Gasteiger partial charge in [0.25, 0.3) is 0 Å². The number of thiocarbonyl (C=S) groups is 1. The van der Waals surface area contributed by atoms with Crippen LogP contribution >= 0.6 is 30.5 Å². The maximum absolute atomic E-state index is 5.03. The van der Waals surface area contributed by atoms with Crippen LogP contribution in [-0.2, 0) is 20.9 Å². The van der Waals surface area contributed by atoms with Crippen molar-refractivity contribution in [1.82, 2.24) is 0 Å². The third-order valence-corrected chi connectivity index (χ3v) is 7.26. The maximum atomic E-state index is 5.03. The van der Waals surface area contributed by atoms with Gasteiger partial charge in [-0.05, 0) is 18.1 Å². The molecule has 0 aliphatic rings. The predicted octanol–water partition coefficient (Wildman–Crippen LogP) is 2.24. The van der Waals surface area contributed by atoms with E-state index in [1.807, 2.05) is 6.26 Å². The van der Waals surface area contributed by atoms with Gasteiger partial charge >= 0.3 is 0 Å². The van der Waals surface area contributed by atoms with E-state index < -0.39 is 6.49 Å². The molecule has 0 bridgehead atoms. The van der Waals surface area contributed by atoms with E-state index in [4.69, 9.17) is 33.1 Å². The lowest BCUT2D eigenvalue weighted by Crippen LogP contribution is -1.95. The van der Waals surface area contributed by atoms with Crippen molar-refractivity contribution >= 4 is 46.2 Å². The van der Waals surface area contributed by atoms with Crippen LogP contribution in [0.1, 0.15) is 0 Å². The molecule has 6 heteroatoms. The fraction of sp³-hybridized carbons (Fsp3) is 0.750. The summed E-state index contributed by atoms with van der Waals surface area (Å²) >= 11 is 11.4. The third kappa shape index (κ3) is 2.57. The van der Waals surface area contributed by atoms with E-state index in [1.54, 1.807) is 0 Å². The van der Waals surface area contributed by atoms with Gasteiger partial charge in [-0.1, -0.05) is 12.2 Å². The average Bonchev–Trinajstić information content (AvgIpc) is 2.01. The van der Waals surface area contributed by atoms with Crippen LogP contribution in [0.15, 0.2) is 0 Å². The average molecular weight is 216 g/mol. The van der Waals surface area contributed by atoms with Gasteiger partial charge in [0.2, 0.25) is 6.49 Å². The lowest BCUT2D eigenvalue weighted by molar-refractivity contribution is 0.351. The second-order valence-electron chi connectivity index (χ2n) is 1.33. The molecule has 0 fully saturated rings. The number of hydrogen-bond acceptors (Lipinski definition) is 5. The Morgan fingerprint density at radius 1 is 1.40 bits per heavy atom. The second-order valence-corrected chi connectivity index (χ2v) is 7.04. The zero-order valence-electron chi connectivity index (χ0n) is 5.99. The molecule has 0 N–H and O–H groups in total. The SMILES string of the molecule is COP(=S)(OC)C(=S)SC. The zero-order valence-corrected chi connectivity index (χ0v) is 9.33. The van der Waals surface area contributed by atoms with Crippen molar-refractivity contribution in [1.29, 1.82) is 0 Å². The first-order chi connectivity index (χ1) is 4.60. The zero-order chi connectivity index (χ0) is 8.20. The van der Waals surface area contributed by atoms with Crippen LogP contribution < -0.4 is 0 Å². The molecule has 0 saturated heterocycles. The van der Waals surface area contributed by atoms with Gasteiger partial charge < -0.3 is 9.05 Å². The van der Waals surface area contributed by atoms with Gasteiger partial charge in [0.05, 0.1) is 0 Å². The van der Waals surface area contributed by atoms with Crippen molar-refractivity contribution in [2.75, 3.05) is 20.5 Å². The number of hydrogen-bond donors (Lipinski definition) is 0. The first-order valence-corrected chi connectivity index (χ1v) is 6.68. The highest BCUT2D eigenvalue weighted by Gasteiger charge is 2.20. The van der Waals surface area contributed by atoms with Crippen molar-refractivity contribution < 1.29 is 9.05 Å². The summed E-state index contributed by atoms with van der Waals surface area (Å²) in [6.07, 6.45) is 1.86. The summed E-state index contributed by atoms with van der Waals surface area (Å²) in [6, 6.07) is 0. The molecule has 0 radical (unpaired) electrons. The molecule has 0 spiro atoms. The molecule has 0 aromatic carbocycles. The van der Waals surface area contributed by atoms with Gasteiger partial charge in [0.15, 0.2) is 0 Å². The molecule has 10 heavy (non-hydrogen) atoms. The fourth-order valence-electron chi connectivity index (χ4n) is 0.335. The molecule has 0 aliphatic carbocycles. The molecule has 0 unspecified atom stereocenters. The van der Waals surface area contributed by atoms with Gasteiger partial charge in [-0.15, -0.1) is 11.8 Å². The molecule has 0 rings (SSSR count). The minimum atomic E-state index is -2.24. The van der Waals surface area contributed by atoms with Gasteiger partial charge in [-0.2, -0.15) is 0 Å². The molecule has 60 valence electrons. The van der Waals surface area contributed by atoms with Gasteiger partial charge in [0.1, 0.15) is 3.94 Å². The summed E-state index contributed by atoms with van der Waals surface area (Å²) in [5.74, 6) is 0. The van der Waals surface area contributed by atoms with E-state index in [1.165, 1.54) is 26.0 Å². The van der Waals surface area contributed by atoms with Crippen molar-refractivity contribution in [3.05, 3.63) is 0 Å². The first-order valence-electron chi connectivity index (χ1n) is 2.40. The summed E-state index contributed by atoms with van der Waals surface area (Å²) in [7, 11) is 3.04. The van der Waals surface area contributed by atoms with Crippen molar-refractivity contribution in [3.63, 3.8) is 0 Å². The van der Waals surface area contributed by atoms with Crippen LogP contribution in [0, 0.1) is 0 Å². The maximum Gasteiger partial charge on any atom is 0.236 e. The first kappa shape index (κ1) is 11.0. The molecule has 0 saturated carbocycles. The minimum Gasteiger partial charge on any atom is -0.328 e. The van der Waals surface area contributed by atoms with Crippen LogP contribution in [0.25, 0.3) is 0 Å². The number of thioether (sulfide) groups is 1. The standard InChI is InChI=1S/C4H9O2PS3/c1-5-7(9,6-2)4(8)10-3/h1-3H3. The van der Waals surface area contributed by atoms with Gasteiger partial charge in [-0.3, -0.25) is 0 Å². The predicted molar refractivity (Wildman–Crippen MR) is 54.4 cm³/mol. The highest BCUT2D eigenvalue weighted by molar-refractivity contribution is 8.43. The Kier molecular flexibility index (Phi) is 5.29. The van der Waals surface area contributed by atoms with E-state index in [0.29, 0.717) is 3.94 Å². The smallest absolute Gasteiger partial charge is 0.236 e. The minimum absolute atomic E-state index is 0.632. The highest BCUT2D eigenvalue weighted by atomic mass is 32.5. The second kappa shape index (κ2) is 4.80. The van der Waals surface area contributed by atoms with E-state index in [2.05, 4.69) is 0 Å². The molecule has 0 aliphatic heterocycles. The van der Waals surface area contributed by atoms with Gasteiger partial charge in [0, 0.05) is 14.2 Å². The summed E-state index contributed by atoms with van der Waals surface area (Å²) in [6.45, 7) is -2.24. The van der Waals surface area contributed by atoms with E-state index in [0.717, 1.165) is 0 Å². The quantitative estimate of drug-likeness (QED) is 0.530. The monoisotopic (exact) mass is 216 g/mol. The Morgan fingerprint density at radius 2 is 1.80 bits per heavy atom. The lowest BCUT2D eigenvalue weighted by atomic mass is 11.8. The van der Waals surface area contributed by atoms with E-state index >= 15 is 0 Å². The van der Waals surface area contributed by atoms with Crippen LogP contribution in [0.2, 0.25) is 0 Å². The molecule has 0 amide bonds. The van der Waals surface area contributed by atoms with Crippen molar-refractivity contribution in [3.8, 4) is 0 Å². The van der Waals surface area contributed by atoms with Crippen LogP contribution in [0.4, 0.5) is 0 Å². The topological polar surface area (TPSA) is 18.5 Å². The van der Waals surface area contributed by atoms with E-state index in [-0.39, 0.29) is 0 Å². The molecule has 2 nitrogen and oxygen atoms in total. The summed E-state index contributed by atoms with van der Waals surface area (Å²) < 4.78 is 10.6. The van der Waals surface area contributed by atoms with Crippen LogP contribution in [0.5, 0.6) is 0 Å². The molecular formula is C4H9O2PS3. The molecule has 0 heterocycles. The molecule has 0 aromatic heterocycles. The molecule has 0 aromatic rings.